The fourth-order valence-electron chi connectivity index (χ4n) is 3.83. The number of halogens is 1. The van der Waals surface area contributed by atoms with E-state index < -0.39 is 0 Å². The van der Waals surface area contributed by atoms with E-state index in [-0.39, 0.29) is 5.56 Å². The number of methoxy groups -OCH3 is 2. The van der Waals surface area contributed by atoms with Gasteiger partial charge in [-0.2, -0.15) is 0 Å². The van der Waals surface area contributed by atoms with Crippen molar-refractivity contribution in [3.05, 3.63) is 80.4 Å². The summed E-state index contributed by atoms with van der Waals surface area (Å²) in [5.74, 6) is 2.50. The standard InChI is InChI=1S/C24H21ClN4O3S2/c1-31-19-8-7-15(13-20(19)32-2)9-11-28-22(30)21-18(10-12-33-21)29-23(28)26-27-24(29)34-14-16-5-3-4-6-17(16)25/h3-8,10,12-13H,9,11,14H2,1-2H3. The van der Waals surface area contributed by atoms with Crippen molar-refractivity contribution >= 4 is 50.7 Å². The van der Waals surface area contributed by atoms with Crippen LogP contribution in [0, 0.1) is 0 Å². The maximum atomic E-state index is 13.3. The molecule has 10 heteroatoms. The minimum absolute atomic E-state index is 0.0620. The Labute approximate surface area is 208 Å². The van der Waals surface area contributed by atoms with Crippen LogP contribution in [-0.2, 0) is 18.7 Å². The maximum Gasteiger partial charge on any atom is 0.272 e. The molecule has 0 spiro atoms. The van der Waals surface area contributed by atoms with Crippen molar-refractivity contribution in [3.8, 4) is 11.5 Å². The van der Waals surface area contributed by atoms with Gasteiger partial charge in [0.1, 0.15) is 4.70 Å². The minimum Gasteiger partial charge on any atom is -0.493 e. The van der Waals surface area contributed by atoms with Crippen molar-refractivity contribution < 1.29 is 9.47 Å². The molecule has 0 radical (unpaired) electrons. The van der Waals surface area contributed by atoms with Crippen molar-refractivity contribution in [1.82, 2.24) is 19.2 Å². The molecule has 0 aliphatic carbocycles. The molecule has 5 rings (SSSR count). The van der Waals surface area contributed by atoms with Crippen LogP contribution >= 0.6 is 34.7 Å². The van der Waals surface area contributed by atoms with E-state index in [2.05, 4.69) is 10.2 Å². The highest BCUT2D eigenvalue weighted by Crippen LogP contribution is 2.30. The van der Waals surface area contributed by atoms with Crippen molar-refractivity contribution in [2.75, 3.05) is 14.2 Å². The molecule has 5 aromatic rings. The first-order valence-corrected chi connectivity index (χ1v) is 12.8. The van der Waals surface area contributed by atoms with Crippen molar-refractivity contribution in [2.45, 2.75) is 23.9 Å². The number of rotatable bonds is 8. The number of thiophene rings is 1. The van der Waals surface area contributed by atoms with Crippen LogP contribution in [0.3, 0.4) is 0 Å². The Balaban J connectivity index is 1.50. The van der Waals surface area contributed by atoms with Gasteiger partial charge in [0.2, 0.25) is 5.78 Å². The summed E-state index contributed by atoms with van der Waals surface area (Å²) in [6.45, 7) is 0.457. The number of fused-ring (bicyclic) bond motifs is 3. The third-order valence-electron chi connectivity index (χ3n) is 5.57. The average molecular weight is 513 g/mol. The second kappa shape index (κ2) is 9.69. The first-order valence-electron chi connectivity index (χ1n) is 10.5. The molecular weight excluding hydrogens is 492 g/mol. The highest BCUT2D eigenvalue weighted by molar-refractivity contribution is 7.98. The largest absolute Gasteiger partial charge is 0.493 e. The van der Waals surface area contributed by atoms with E-state index >= 15 is 0 Å². The fourth-order valence-corrected chi connectivity index (χ4v) is 5.88. The van der Waals surface area contributed by atoms with Crippen LogP contribution in [-0.4, -0.2) is 33.4 Å². The quantitative estimate of drug-likeness (QED) is 0.262. The SMILES string of the molecule is COc1ccc(CCn2c(=O)c3sccc3n3c(SCc4ccccc4Cl)nnc23)cc1OC. The molecule has 0 atom stereocenters. The number of aryl methyl sites for hydroxylation is 2. The zero-order valence-corrected chi connectivity index (χ0v) is 20.9. The van der Waals surface area contributed by atoms with Gasteiger partial charge >= 0.3 is 0 Å². The van der Waals surface area contributed by atoms with Gasteiger partial charge in [0.25, 0.3) is 5.56 Å². The molecule has 0 aliphatic rings. The predicted molar refractivity (Wildman–Crippen MR) is 137 cm³/mol. The Kier molecular flexibility index (Phi) is 6.49. The molecule has 0 unspecified atom stereocenters. The summed E-state index contributed by atoms with van der Waals surface area (Å²) < 4.78 is 15.1. The molecule has 2 aromatic carbocycles. The lowest BCUT2D eigenvalue weighted by Gasteiger charge is -2.12. The number of thioether (sulfide) groups is 1. The molecule has 0 fully saturated rings. The van der Waals surface area contributed by atoms with E-state index in [0.717, 1.165) is 26.8 Å². The molecule has 0 amide bonds. The molecule has 0 saturated carbocycles. The van der Waals surface area contributed by atoms with E-state index in [4.69, 9.17) is 21.1 Å². The first kappa shape index (κ1) is 22.8. The van der Waals surface area contributed by atoms with E-state index in [0.29, 0.717) is 40.7 Å². The summed E-state index contributed by atoms with van der Waals surface area (Å²) in [7, 11) is 3.22. The lowest BCUT2D eigenvalue weighted by Crippen LogP contribution is -2.23. The Bertz CT molecular complexity index is 1540. The van der Waals surface area contributed by atoms with Gasteiger partial charge in [-0.1, -0.05) is 47.6 Å². The third kappa shape index (κ3) is 4.15. The Morgan fingerprint density at radius 3 is 2.68 bits per heavy atom. The van der Waals surface area contributed by atoms with Gasteiger partial charge in [-0.05, 0) is 47.2 Å². The second-order valence-corrected chi connectivity index (χ2v) is 9.79. The number of aromatic nitrogens is 4. The van der Waals surface area contributed by atoms with E-state index in [1.165, 1.54) is 11.3 Å². The Hall–Kier alpha value is -3.01. The Morgan fingerprint density at radius 2 is 1.88 bits per heavy atom. The summed E-state index contributed by atoms with van der Waals surface area (Å²) in [4.78, 5) is 13.3. The number of hydrogen-bond acceptors (Lipinski definition) is 7. The van der Waals surface area contributed by atoms with Crippen LogP contribution in [0.5, 0.6) is 11.5 Å². The normalized spacial score (nSPS) is 11.4. The molecule has 3 aromatic heterocycles. The summed E-state index contributed by atoms with van der Waals surface area (Å²) in [5, 5.41) is 12.2. The van der Waals surface area contributed by atoms with Crippen LogP contribution in [0.4, 0.5) is 0 Å². The van der Waals surface area contributed by atoms with Gasteiger partial charge in [0.05, 0.1) is 19.7 Å². The smallest absolute Gasteiger partial charge is 0.272 e. The highest BCUT2D eigenvalue weighted by atomic mass is 35.5. The number of hydrogen-bond donors (Lipinski definition) is 0. The number of ether oxygens (including phenoxy) is 2. The number of benzene rings is 2. The molecular formula is C24H21ClN4O3S2. The van der Waals surface area contributed by atoms with E-state index in [1.807, 2.05) is 58.3 Å². The topological polar surface area (TPSA) is 70.7 Å². The van der Waals surface area contributed by atoms with Gasteiger partial charge < -0.3 is 9.47 Å². The number of nitrogens with zero attached hydrogens (tertiary/aromatic N) is 4. The van der Waals surface area contributed by atoms with Gasteiger partial charge in [-0.15, -0.1) is 21.5 Å². The van der Waals surface area contributed by atoms with Crippen LogP contribution in [0.25, 0.3) is 16.0 Å². The average Bonchev–Trinajstić information content (AvgIpc) is 3.50. The summed E-state index contributed by atoms with van der Waals surface area (Å²) in [6, 6.07) is 15.5. The summed E-state index contributed by atoms with van der Waals surface area (Å²) >= 11 is 9.30. The summed E-state index contributed by atoms with van der Waals surface area (Å²) in [5.41, 5.74) is 2.81. The second-order valence-electron chi connectivity index (χ2n) is 7.53. The van der Waals surface area contributed by atoms with Crippen LogP contribution in [0.2, 0.25) is 5.02 Å². The van der Waals surface area contributed by atoms with Crippen LogP contribution in [0.1, 0.15) is 11.1 Å². The fraction of sp³-hybridized carbons (Fsp3) is 0.208. The maximum absolute atomic E-state index is 13.3. The van der Waals surface area contributed by atoms with Gasteiger partial charge in [0, 0.05) is 17.3 Å². The summed E-state index contributed by atoms with van der Waals surface area (Å²) in [6.07, 6.45) is 0.627. The molecule has 0 N–H and O–H groups in total. The zero-order valence-electron chi connectivity index (χ0n) is 18.5. The minimum atomic E-state index is -0.0620. The van der Waals surface area contributed by atoms with Crippen molar-refractivity contribution in [1.29, 1.82) is 0 Å². The lowest BCUT2D eigenvalue weighted by molar-refractivity contribution is 0.354. The first-order chi connectivity index (χ1) is 16.6. The monoisotopic (exact) mass is 512 g/mol. The van der Waals surface area contributed by atoms with Crippen LogP contribution in [0.15, 0.2) is 63.9 Å². The van der Waals surface area contributed by atoms with Gasteiger partial charge in [-0.25, -0.2) is 0 Å². The molecule has 0 aliphatic heterocycles. The highest BCUT2D eigenvalue weighted by Gasteiger charge is 2.18. The van der Waals surface area contributed by atoms with Crippen molar-refractivity contribution in [2.24, 2.45) is 0 Å². The molecule has 7 nitrogen and oxygen atoms in total. The molecule has 3 heterocycles. The molecule has 0 saturated heterocycles. The van der Waals surface area contributed by atoms with Crippen molar-refractivity contribution in [3.63, 3.8) is 0 Å². The molecule has 34 heavy (non-hydrogen) atoms. The molecule has 174 valence electrons. The Morgan fingerprint density at radius 1 is 1.06 bits per heavy atom. The zero-order chi connectivity index (χ0) is 23.7. The van der Waals surface area contributed by atoms with Gasteiger partial charge in [-0.3, -0.25) is 13.8 Å². The van der Waals surface area contributed by atoms with E-state index in [9.17, 15) is 4.79 Å². The van der Waals surface area contributed by atoms with E-state index in [1.54, 1.807) is 30.5 Å². The molecule has 0 bridgehead atoms. The third-order valence-corrected chi connectivity index (χ3v) is 7.81. The lowest BCUT2D eigenvalue weighted by atomic mass is 10.1. The predicted octanol–water partition coefficient (Wildman–Crippen LogP) is 5.31. The van der Waals surface area contributed by atoms with Crippen LogP contribution < -0.4 is 15.0 Å². The van der Waals surface area contributed by atoms with Gasteiger partial charge in [0.15, 0.2) is 16.7 Å².